The molecule has 20 heavy (non-hydrogen) atoms. The maximum atomic E-state index is 8.73. The van der Waals surface area contributed by atoms with Crippen LogP contribution in [-0.2, 0) is 13.2 Å². The van der Waals surface area contributed by atoms with Crippen LogP contribution in [0.15, 0.2) is 48.5 Å². The van der Waals surface area contributed by atoms with E-state index >= 15 is 0 Å². The Balaban J connectivity index is 1.89. The van der Waals surface area contributed by atoms with Gasteiger partial charge in [-0.15, -0.1) is 0 Å². The van der Waals surface area contributed by atoms with E-state index in [0.29, 0.717) is 13.2 Å². The molecule has 0 fully saturated rings. The first-order valence-electron chi connectivity index (χ1n) is 6.55. The van der Waals surface area contributed by atoms with Crippen LogP contribution < -0.4 is 10.1 Å². The summed E-state index contributed by atoms with van der Waals surface area (Å²) in [4.78, 5) is 0. The van der Waals surface area contributed by atoms with Crippen molar-refractivity contribution in [2.45, 2.75) is 13.2 Å². The van der Waals surface area contributed by atoms with Crippen LogP contribution in [0.5, 0.6) is 5.75 Å². The lowest BCUT2D eigenvalue weighted by atomic mass is 10.2. The van der Waals surface area contributed by atoms with Crippen molar-refractivity contribution in [3.63, 3.8) is 0 Å². The lowest BCUT2D eigenvalue weighted by Crippen LogP contribution is -2.17. The topological polar surface area (TPSA) is 41.5 Å². The first kappa shape index (κ1) is 14.9. The number of aliphatic hydroxyl groups excluding tert-OH is 1. The number of ether oxygens (including phenoxy) is 1. The number of halogens is 1. The maximum Gasteiger partial charge on any atom is 0.120 e. The Hall–Kier alpha value is -1.55. The van der Waals surface area contributed by atoms with Crippen LogP contribution in [-0.4, -0.2) is 18.3 Å². The van der Waals surface area contributed by atoms with Crippen LogP contribution >= 0.6 is 11.6 Å². The summed E-state index contributed by atoms with van der Waals surface area (Å²) in [5.74, 6) is 0.836. The van der Waals surface area contributed by atoms with Crippen molar-refractivity contribution in [2.24, 2.45) is 0 Å². The van der Waals surface area contributed by atoms with Crippen LogP contribution in [0, 0.1) is 0 Å². The van der Waals surface area contributed by atoms with Gasteiger partial charge in [0.05, 0.1) is 6.61 Å². The molecule has 0 unspecified atom stereocenters. The smallest absolute Gasteiger partial charge is 0.120 e. The molecule has 0 saturated carbocycles. The number of hydrogen-bond acceptors (Lipinski definition) is 3. The van der Waals surface area contributed by atoms with Gasteiger partial charge in [-0.1, -0.05) is 35.9 Å². The summed E-state index contributed by atoms with van der Waals surface area (Å²) in [7, 11) is 0. The number of aliphatic hydroxyl groups is 1. The third-order valence-electron chi connectivity index (χ3n) is 2.83. The largest absolute Gasteiger partial charge is 0.489 e. The molecule has 0 heterocycles. The maximum absolute atomic E-state index is 8.73. The van der Waals surface area contributed by atoms with Crippen LogP contribution in [0.2, 0.25) is 5.02 Å². The fraction of sp³-hybridized carbons (Fsp3) is 0.250. The molecule has 2 aromatic rings. The zero-order chi connectivity index (χ0) is 14.2. The molecule has 4 heteroatoms. The Bertz CT molecular complexity index is 528. The van der Waals surface area contributed by atoms with Gasteiger partial charge in [-0.3, -0.25) is 0 Å². The van der Waals surface area contributed by atoms with E-state index in [1.54, 1.807) is 0 Å². The average Bonchev–Trinajstić information content (AvgIpc) is 2.47. The molecule has 106 valence electrons. The first-order chi connectivity index (χ1) is 9.78. The third kappa shape index (κ3) is 4.85. The van der Waals surface area contributed by atoms with Crippen molar-refractivity contribution in [3.05, 3.63) is 64.7 Å². The Morgan fingerprint density at radius 1 is 1.05 bits per heavy atom. The SMILES string of the molecule is OCCNCc1cccc(OCc2ccc(Cl)cc2)c1. The van der Waals surface area contributed by atoms with Crippen LogP contribution in [0.1, 0.15) is 11.1 Å². The van der Waals surface area contributed by atoms with E-state index in [1.165, 1.54) is 0 Å². The molecule has 0 aliphatic carbocycles. The molecule has 0 aromatic heterocycles. The molecular weight excluding hydrogens is 274 g/mol. The van der Waals surface area contributed by atoms with E-state index in [1.807, 2.05) is 48.5 Å². The first-order valence-corrected chi connectivity index (χ1v) is 6.93. The van der Waals surface area contributed by atoms with Gasteiger partial charge in [0, 0.05) is 18.1 Å². The second-order valence-corrected chi connectivity index (χ2v) is 4.90. The van der Waals surface area contributed by atoms with Crippen molar-refractivity contribution in [3.8, 4) is 5.75 Å². The highest BCUT2D eigenvalue weighted by atomic mass is 35.5. The molecule has 0 bridgehead atoms. The van der Waals surface area contributed by atoms with Crippen LogP contribution in [0.4, 0.5) is 0 Å². The van der Waals surface area contributed by atoms with E-state index in [0.717, 1.165) is 28.4 Å². The van der Waals surface area contributed by atoms with Gasteiger partial charge < -0.3 is 15.2 Å². The van der Waals surface area contributed by atoms with Crippen molar-refractivity contribution >= 4 is 11.6 Å². The van der Waals surface area contributed by atoms with Gasteiger partial charge in [-0.2, -0.15) is 0 Å². The molecule has 2 rings (SSSR count). The van der Waals surface area contributed by atoms with E-state index < -0.39 is 0 Å². The van der Waals surface area contributed by atoms with Crippen molar-refractivity contribution in [2.75, 3.05) is 13.2 Å². The van der Waals surface area contributed by atoms with Gasteiger partial charge >= 0.3 is 0 Å². The minimum absolute atomic E-state index is 0.146. The van der Waals surface area contributed by atoms with Crippen molar-refractivity contribution in [1.82, 2.24) is 5.32 Å². The molecular formula is C16H18ClNO2. The summed E-state index contributed by atoms with van der Waals surface area (Å²) < 4.78 is 5.76. The predicted molar refractivity (Wildman–Crippen MR) is 81.0 cm³/mol. The highest BCUT2D eigenvalue weighted by molar-refractivity contribution is 6.30. The molecule has 0 aliphatic rings. The van der Waals surface area contributed by atoms with Gasteiger partial charge in [-0.05, 0) is 35.4 Å². The minimum atomic E-state index is 0.146. The van der Waals surface area contributed by atoms with E-state index in [-0.39, 0.29) is 6.61 Å². The second kappa shape index (κ2) is 7.90. The number of benzene rings is 2. The lowest BCUT2D eigenvalue weighted by Gasteiger charge is -2.09. The molecule has 2 aromatic carbocycles. The van der Waals surface area contributed by atoms with E-state index in [9.17, 15) is 0 Å². The van der Waals surface area contributed by atoms with E-state index in [2.05, 4.69) is 5.32 Å². The molecule has 2 N–H and O–H groups in total. The molecule has 0 radical (unpaired) electrons. The molecule has 0 atom stereocenters. The van der Waals surface area contributed by atoms with Gasteiger partial charge in [0.1, 0.15) is 12.4 Å². The Labute approximate surface area is 124 Å². The fourth-order valence-electron chi connectivity index (χ4n) is 1.80. The summed E-state index contributed by atoms with van der Waals surface area (Å²) >= 11 is 5.84. The summed E-state index contributed by atoms with van der Waals surface area (Å²) in [5.41, 5.74) is 2.21. The molecule has 0 spiro atoms. The summed E-state index contributed by atoms with van der Waals surface area (Å²) in [5, 5.41) is 12.6. The highest BCUT2D eigenvalue weighted by Crippen LogP contribution is 2.16. The Morgan fingerprint density at radius 2 is 1.85 bits per heavy atom. The standard InChI is InChI=1S/C16H18ClNO2/c17-15-6-4-13(5-7-15)12-20-16-3-1-2-14(10-16)11-18-8-9-19/h1-7,10,18-19H,8-9,11-12H2. The molecule has 0 amide bonds. The summed E-state index contributed by atoms with van der Waals surface area (Å²) in [6, 6.07) is 15.5. The van der Waals surface area contributed by atoms with Crippen LogP contribution in [0.3, 0.4) is 0 Å². The average molecular weight is 292 g/mol. The van der Waals surface area contributed by atoms with Crippen LogP contribution in [0.25, 0.3) is 0 Å². The highest BCUT2D eigenvalue weighted by Gasteiger charge is 1.99. The predicted octanol–water partition coefficient (Wildman–Crippen LogP) is 3.00. The number of nitrogens with one attached hydrogen (secondary N) is 1. The monoisotopic (exact) mass is 291 g/mol. The molecule has 0 aliphatic heterocycles. The fourth-order valence-corrected chi connectivity index (χ4v) is 1.93. The zero-order valence-corrected chi connectivity index (χ0v) is 11.9. The third-order valence-corrected chi connectivity index (χ3v) is 3.09. The second-order valence-electron chi connectivity index (χ2n) is 4.46. The van der Waals surface area contributed by atoms with Gasteiger partial charge in [0.25, 0.3) is 0 Å². The number of hydrogen-bond donors (Lipinski definition) is 2. The van der Waals surface area contributed by atoms with Crippen molar-refractivity contribution in [1.29, 1.82) is 0 Å². The van der Waals surface area contributed by atoms with Gasteiger partial charge in [-0.25, -0.2) is 0 Å². The summed E-state index contributed by atoms with van der Waals surface area (Å²) in [6.45, 7) is 1.98. The van der Waals surface area contributed by atoms with Crippen molar-refractivity contribution < 1.29 is 9.84 Å². The Kier molecular flexibility index (Phi) is 5.87. The molecule has 0 saturated heterocycles. The molecule has 3 nitrogen and oxygen atoms in total. The normalized spacial score (nSPS) is 10.5. The minimum Gasteiger partial charge on any atom is -0.489 e. The van der Waals surface area contributed by atoms with Gasteiger partial charge in [0.2, 0.25) is 0 Å². The van der Waals surface area contributed by atoms with E-state index in [4.69, 9.17) is 21.4 Å². The zero-order valence-electron chi connectivity index (χ0n) is 11.2. The lowest BCUT2D eigenvalue weighted by molar-refractivity contribution is 0.291. The summed E-state index contributed by atoms with van der Waals surface area (Å²) in [6.07, 6.45) is 0. The Morgan fingerprint density at radius 3 is 2.60 bits per heavy atom. The van der Waals surface area contributed by atoms with Gasteiger partial charge in [0.15, 0.2) is 0 Å². The number of rotatable bonds is 7. The quantitative estimate of drug-likeness (QED) is 0.771.